The number of aldehydes is 1. The summed E-state index contributed by atoms with van der Waals surface area (Å²) in [4.78, 5) is 12.9. The summed E-state index contributed by atoms with van der Waals surface area (Å²) in [6, 6.07) is 0. The van der Waals surface area contributed by atoms with Crippen LogP contribution in [0.2, 0.25) is 0 Å². The van der Waals surface area contributed by atoms with E-state index in [1.165, 1.54) is 0 Å². The van der Waals surface area contributed by atoms with E-state index >= 15 is 0 Å². The van der Waals surface area contributed by atoms with Crippen LogP contribution >= 0.6 is 0 Å². The Morgan fingerprint density at radius 1 is 1.59 bits per heavy atom. The van der Waals surface area contributed by atoms with Crippen molar-refractivity contribution in [3.05, 3.63) is 6.20 Å². The fourth-order valence-corrected chi connectivity index (χ4v) is 1.56. The number of hydrogen-bond donors (Lipinski definition) is 1. The number of hydrogen-bond acceptors (Lipinski definition) is 4. The fraction of sp³-hybridized carbons (Fsp3) is 0.667. The second kappa shape index (κ2) is 5.21. The fourth-order valence-electron chi connectivity index (χ4n) is 1.56. The lowest BCUT2D eigenvalue weighted by atomic mass is 9.91. The molecule has 1 rings (SSSR count). The molecule has 0 atom stereocenters. The molecule has 0 amide bonds. The number of carbonyl (C=O) groups is 1. The van der Waals surface area contributed by atoms with Gasteiger partial charge in [-0.25, -0.2) is 0 Å². The van der Waals surface area contributed by atoms with Crippen LogP contribution < -0.4 is 10.2 Å². The van der Waals surface area contributed by atoms with E-state index in [1.807, 2.05) is 41.2 Å². The molecule has 5 nitrogen and oxygen atoms in total. The highest BCUT2D eigenvalue weighted by molar-refractivity contribution is 5.64. The SMILES string of the molecule is CNc1cn(C)nc1N(C)CCC(C)(C)C=O. The van der Waals surface area contributed by atoms with Crippen molar-refractivity contribution in [2.24, 2.45) is 12.5 Å². The van der Waals surface area contributed by atoms with Gasteiger partial charge in [0.05, 0.1) is 11.9 Å². The first kappa shape index (κ1) is 13.5. The molecular weight excluding hydrogens is 216 g/mol. The van der Waals surface area contributed by atoms with Gasteiger partial charge in [0.15, 0.2) is 5.82 Å². The first-order valence-corrected chi connectivity index (χ1v) is 5.78. The summed E-state index contributed by atoms with van der Waals surface area (Å²) < 4.78 is 1.78. The van der Waals surface area contributed by atoms with Crippen LogP contribution in [0.1, 0.15) is 20.3 Å². The Hall–Kier alpha value is -1.52. The molecule has 0 aliphatic carbocycles. The van der Waals surface area contributed by atoms with Crippen molar-refractivity contribution in [1.82, 2.24) is 9.78 Å². The molecule has 5 heteroatoms. The maximum Gasteiger partial charge on any atom is 0.173 e. The standard InChI is InChI=1S/C12H22N4O/c1-12(2,9-17)6-7-15(4)11-10(13-3)8-16(5)14-11/h8-9,13H,6-7H2,1-5H3. The van der Waals surface area contributed by atoms with Gasteiger partial charge in [-0.15, -0.1) is 0 Å². The molecule has 17 heavy (non-hydrogen) atoms. The summed E-state index contributed by atoms with van der Waals surface area (Å²) in [5, 5.41) is 7.51. The first-order valence-electron chi connectivity index (χ1n) is 5.78. The van der Waals surface area contributed by atoms with Gasteiger partial charge in [-0.2, -0.15) is 5.10 Å². The molecule has 0 aromatic carbocycles. The van der Waals surface area contributed by atoms with Crippen molar-refractivity contribution >= 4 is 17.8 Å². The summed E-state index contributed by atoms with van der Waals surface area (Å²) >= 11 is 0. The quantitative estimate of drug-likeness (QED) is 0.763. The number of nitrogens with zero attached hydrogens (tertiary/aromatic N) is 3. The molecule has 1 aromatic rings. The summed E-state index contributed by atoms with van der Waals surface area (Å²) in [5.41, 5.74) is 0.724. The maximum absolute atomic E-state index is 10.9. The third kappa shape index (κ3) is 3.47. The molecule has 1 N–H and O–H groups in total. The van der Waals surface area contributed by atoms with E-state index in [0.29, 0.717) is 0 Å². The Morgan fingerprint density at radius 2 is 2.24 bits per heavy atom. The number of carbonyl (C=O) groups excluding carboxylic acids is 1. The van der Waals surface area contributed by atoms with Gasteiger partial charge in [-0.1, -0.05) is 13.8 Å². The van der Waals surface area contributed by atoms with Crippen molar-refractivity contribution in [2.45, 2.75) is 20.3 Å². The predicted molar refractivity (Wildman–Crippen MR) is 70.5 cm³/mol. The zero-order valence-electron chi connectivity index (χ0n) is 11.3. The molecule has 0 bridgehead atoms. The molecular formula is C12H22N4O. The van der Waals surface area contributed by atoms with E-state index in [9.17, 15) is 4.79 Å². The second-order valence-electron chi connectivity index (χ2n) is 5.07. The largest absolute Gasteiger partial charge is 0.384 e. The molecule has 0 saturated carbocycles. The molecule has 0 aliphatic heterocycles. The monoisotopic (exact) mass is 238 g/mol. The van der Waals surface area contributed by atoms with Crippen LogP contribution in [0.25, 0.3) is 0 Å². The molecule has 0 unspecified atom stereocenters. The van der Waals surface area contributed by atoms with E-state index in [0.717, 1.165) is 30.8 Å². The average molecular weight is 238 g/mol. The van der Waals surface area contributed by atoms with E-state index in [4.69, 9.17) is 0 Å². The van der Waals surface area contributed by atoms with Crippen LogP contribution in [0.4, 0.5) is 11.5 Å². The van der Waals surface area contributed by atoms with Gasteiger partial charge in [-0.05, 0) is 6.42 Å². The van der Waals surface area contributed by atoms with Crippen molar-refractivity contribution in [1.29, 1.82) is 0 Å². The minimum Gasteiger partial charge on any atom is -0.384 e. The highest BCUT2D eigenvalue weighted by Crippen LogP contribution is 2.24. The van der Waals surface area contributed by atoms with Crippen molar-refractivity contribution in [3.8, 4) is 0 Å². The van der Waals surface area contributed by atoms with Crippen molar-refractivity contribution in [3.63, 3.8) is 0 Å². The van der Waals surface area contributed by atoms with Gasteiger partial charge in [0.2, 0.25) is 0 Å². The highest BCUT2D eigenvalue weighted by Gasteiger charge is 2.19. The van der Waals surface area contributed by atoms with Crippen LogP contribution in [0.15, 0.2) is 6.20 Å². The lowest BCUT2D eigenvalue weighted by molar-refractivity contribution is -0.114. The third-order valence-corrected chi connectivity index (χ3v) is 2.85. The number of aromatic nitrogens is 2. The van der Waals surface area contributed by atoms with Crippen LogP contribution in [-0.2, 0) is 11.8 Å². The Kier molecular flexibility index (Phi) is 4.15. The first-order chi connectivity index (χ1) is 7.89. The average Bonchev–Trinajstić information content (AvgIpc) is 2.67. The molecule has 0 fully saturated rings. The molecule has 1 heterocycles. The summed E-state index contributed by atoms with van der Waals surface area (Å²) in [6.07, 6.45) is 3.77. The van der Waals surface area contributed by atoms with Crippen LogP contribution in [-0.4, -0.2) is 36.7 Å². The molecule has 0 radical (unpaired) electrons. The van der Waals surface area contributed by atoms with Gasteiger partial charge in [0.25, 0.3) is 0 Å². The molecule has 1 aromatic heterocycles. The minimum atomic E-state index is -0.275. The van der Waals surface area contributed by atoms with E-state index in [2.05, 4.69) is 15.3 Å². The summed E-state index contributed by atoms with van der Waals surface area (Å²) in [5.74, 6) is 0.914. The van der Waals surface area contributed by atoms with E-state index in [-0.39, 0.29) is 5.41 Å². The zero-order chi connectivity index (χ0) is 13.1. The smallest absolute Gasteiger partial charge is 0.173 e. The van der Waals surface area contributed by atoms with Crippen molar-refractivity contribution < 1.29 is 4.79 Å². The topological polar surface area (TPSA) is 50.2 Å². The van der Waals surface area contributed by atoms with Crippen molar-refractivity contribution in [2.75, 3.05) is 30.9 Å². The normalized spacial score (nSPS) is 11.4. The third-order valence-electron chi connectivity index (χ3n) is 2.85. The highest BCUT2D eigenvalue weighted by atomic mass is 16.1. The number of nitrogens with one attached hydrogen (secondary N) is 1. The number of aryl methyl sites for hydroxylation is 1. The molecule has 0 saturated heterocycles. The lowest BCUT2D eigenvalue weighted by Crippen LogP contribution is -2.26. The summed E-state index contributed by atoms with van der Waals surface area (Å²) in [7, 11) is 5.77. The van der Waals surface area contributed by atoms with Gasteiger partial charge >= 0.3 is 0 Å². The van der Waals surface area contributed by atoms with E-state index in [1.54, 1.807) is 4.68 Å². The second-order valence-corrected chi connectivity index (χ2v) is 5.07. The van der Waals surface area contributed by atoms with Gasteiger partial charge in [0.1, 0.15) is 6.29 Å². The zero-order valence-corrected chi connectivity index (χ0v) is 11.3. The predicted octanol–water partition coefficient (Wildman–Crippen LogP) is 1.51. The van der Waals surface area contributed by atoms with Gasteiger partial charge < -0.3 is 15.0 Å². The number of rotatable bonds is 6. The van der Waals surface area contributed by atoms with Crippen LogP contribution in [0.3, 0.4) is 0 Å². The molecule has 0 aliphatic rings. The van der Waals surface area contributed by atoms with Gasteiger partial charge in [0, 0.05) is 33.1 Å². The lowest BCUT2D eigenvalue weighted by Gasteiger charge is -2.23. The molecule has 96 valence electrons. The van der Waals surface area contributed by atoms with Crippen LogP contribution in [0, 0.1) is 5.41 Å². The minimum absolute atomic E-state index is 0.275. The number of anilines is 2. The Labute approximate surface area is 103 Å². The Morgan fingerprint density at radius 3 is 2.76 bits per heavy atom. The molecule has 0 spiro atoms. The Balaban J connectivity index is 2.69. The maximum atomic E-state index is 10.9. The van der Waals surface area contributed by atoms with Crippen LogP contribution in [0.5, 0.6) is 0 Å². The Bertz CT molecular complexity index is 384. The van der Waals surface area contributed by atoms with E-state index < -0.39 is 0 Å². The van der Waals surface area contributed by atoms with Gasteiger partial charge in [-0.3, -0.25) is 4.68 Å². The summed E-state index contributed by atoms with van der Waals surface area (Å²) in [6.45, 7) is 4.70.